The molecule has 0 N–H and O–H groups in total. The zero-order valence-corrected chi connectivity index (χ0v) is 10.8. The largest absolute Gasteiger partial charge is 0.459 e. The molecule has 1 aromatic heterocycles. The molecule has 0 bridgehead atoms. The van der Waals surface area contributed by atoms with Gasteiger partial charge in [-0.2, -0.15) is 0 Å². The number of furan rings is 1. The number of benzene rings is 1. The summed E-state index contributed by atoms with van der Waals surface area (Å²) in [5.41, 5.74) is 0.975. The van der Waals surface area contributed by atoms with Gasteiger partial charge in [0.25, 0.3) is 5.91 Å². The molecule has 3 nitrogen and oxygen atoms in total. The fourth-order valence-corrected chi connectivity index (χ4v) is 3.19. The van der Waals surface area contributed by atoms with E-state index in [1.807, 2.05) is 29.2 Å². The van der Waals surface area contributed by atoms with Gasteiger partial charge in [0.15, 0.2) is 5.76 Å². The number of fused-ring (bicyclic) bond motifs is 1. The van der Waals surface area contributed by atoms with Crippen molar-refractivity contribution in [1.82, 2.24) is 0 Å². The molecule has 2 aromatic rings. The van der Waals surface area contributed by atoms with Crippen molar-refractivity contribution in [2.45, 2.75) is 17.9 Å². The van der Waals surface area contributed by atoms with Crippen LogP contribution in [0.15, 0.2) is 52.0 Å². The first-order valence-electron chi connectivity index (χ1n) is 5.86. The van der Waals surface area contributed by atoms with Crippen molar-refractivity contribution in [2.75, 3.05) is 10.7 Å². The van der Waals surface area contributed by atoms with Crippen LogP contribution in [-0.4, -0.2) is 17.7 Å². The van der Waals surface area contributed by atoms with Crippen LogP contribution in [0.1, 0.15) is 17.5 Å². The molecule has 1 unspecified atom stereocenters. The molecule has 0 saturated carbocycles. The Balaban J connectivity index is 2.03. The predicted octanol–water partition coefficient (Wildman–Crippen LogP) is 3.42. The minimum absolute atomic E-state index is 0.0692. The number of nitrogens with zero attached hydrogens (tertiary/aromatic N) is 1. The summed E-state index contributed by atoms with van der Waals surface area (Å²) in [4.78, 5) is 15.4. The number of hydrogen-bond donors (Lipinski definition) is 0. The average molecular weight is 259 g/mol. The van der Waals surface area contributed by atoms with Crippen LogP contribution in [0, 0.1) is 0 Å². The molecule has 1 atom stereocenters. The minimum Gasteiger partial charge on any atom is -0.459 e. The number of anilines is 1. The van der Waals surface area contributed by atoms with Crippen LogP contribution in [0.5, 0.6) is 0 Å². The van der Waals surface area contributed by atoms with Crippen LogP contribution < -0.4 is 4.90 Å². The van der Waals surface area contributed by atoms with Gasteiger partial charge in [-0.15, -0.1) is 11.8 Å². The van der Waals surface area contributed by atoms with Crippen molar-refractivity contribution in [1.29, 1.82) is 0 Å². The lowest BCUT2D eigenvalue weighted by Crippen LogP contribution is -2.42. The molecule has 0 radical (unpaired) electrons. The Morgan fingerprint density at radius 2 is 2.17 bits per heavy atom. The highest BCUT2D eigenvalue weighted by Gasteiger charge is 2.30. The number of carbonyl (C=O) groups excluding carboxylic acids is 1. The van der Waals surface area contributed by atoms with Crippen molar-refractivity contribution in [3.63, 3.8) is 0 Å². The highest BCUT2D eigenvalue weighted by Crippen LogP contribution is 2.37. The lowest BCUT2D eigenvalue weighted by molar-refractivity contribution is 0.0953. The third-order valence-electron chi connectivity index (χ3n) is 3.00. The Labute approximate surface area is 110 Å². The van der Waals surface area contributed by atoms with E-state index in [1.54, 1.807) is 23.9 Å². The van der Waals surface area contributed by atoms with Crippen LogP contribution >= 0.6 is 11.8 Å². The molecule has 0 spiro atoms. The first-order chi connectivity index (χ1) is 8.77. The van der Waals surface area contributed by atoms with Gasteiger partial charge in [-0.25, -0.2) is 0 Å². The van der Waals surface area contributed by atoms with Gasteiger partial charge in [0.05, 0.1) is 12.0 Å². The van der Waals surface area contributed by atoms with Crippen molar-refractivity contribution >= 4 is 23.4 Å². The summed E-state index contributed by atoms with van der Waals surface area (Å²) >= 11 is 1.79. The minimum atomic E-state index is -0.0692. The van der Waals surface area contributed by atoms with E-state index in [-0.39, 0.29) is 11.9 Å². The maximum atomic E-state index is 12.5. The molecule has 1 aromatic carbocycles. The molecule has 4 heteroatoms. The zero-order chi connectivity index (χ0) is 12.5. The molecule has 1 amide bonds. The van der Waals surface area contributed by atoms with Gasteiger partial charge in [-0.3, -0.25) is 4.79 Å². The summed E-state index contributed by atoms with van der Waals surface area (Å²) in [6, 6.07) is 11.6. The van der Waals surface area contributed by atoms with E-state index in [9.17, 15) is 4.79 Å². The Morgan fingerprint density at radius 1 is 1.33 bits per heavy atom. The van der Waals surface area contributed by atoms with Gasteiger partial charge in [0.1, 0.15) is 0 Å². The normalized spacial score (nSPS) is 18.5. The smallest absolute Gasteiger partial charge is 0.294 e. The first-order valence-corrected chi connectivity index (χ1v) is 6.85. The molecule has 3 rings (SSSR count). The fourth-order valence-electron chi connectivity index (χ4n) is 2.13. The van der Waals surface area contributed by atoms with E-state index >= 15 is 0 Å². The van der Waals surface area contributed by atoms with Crippen LogP contribution in [0.3, 0.4) is 0 Å². The highest BCUT2D eigenvalue weighted by molar-refractivity contribution is 7.99. The second-order valence-corrected chi connectivity index (χ2v) is 5.34. The highest BCUT2D eigenvalue weighted by atomic mass is 32.2. The molecular formula is C14H13NO2S. The topological polar surface area (TPSA) is 33.5 Å². The molecule has 1 aliphatic rings. The summed E-state index contributed by atoms with van der Waals surface area (Å²) in [6.07, 6.45) is 1.53. The Kier molecular flexibility index (Phi) is 2.88. The third kappa shape index (κ3) is 1.82. The summed E-state index contributed by atoms with van der Waals surface area (Å²) in [5.74, 6) is 1.23. The van der Waals surface area contributed by atoms with Crippen LogP contribution in [0.25, 0.3) is 0 Å². The quantitative estimate of drug-likeness (QED) is 0.786. The van der Waals surface area contributed by atoms with Crippen molar-refractivity contribution in [2.24, 2.45) is 0 Å². The zero-order valence-electron chi connectivity index (χ0n) is 10.00. The molecule has 18 heavy (non-hydrogen) atoms. The standard InChI is InChI=1S/C14H13NO2S/c1-10-9-18-13-7-3-2-5-11(13)15(10)14(16)12-6-4-8-17-12/h2-8,10H,9H2,1H3. The maximum absolute atomic E-state index is 12.5. The Morgan fingerprint density at radius 3 is 2.94 bits per heavy atom. The van der Waals surface area contributed by atoms with E-state index in [0.29, 0.717) is 5.76 Å². The Hall–Kier alpha value is -1.68. The van der Waals surface area contributed by atoms with E-state index in [1.165, 1.54) is 6.26 Å². The summed E-state index contributed by atoms with van der Waals surface area (Å²) in [6.45, 7) is 2.06. The number of para-hydroxylation sites is 1. The SMILES string of the molecule is CC1CSc2ccccc2N1C(=O)c1ccco1. The molecule has 1 aliphatic heterocycles. The van der Waals surface area contributed by atoms with E-state index in [2.05, 4.69) is 6.92 Å². The summed E-state index contributed by atoms with van der Waals surface area (Å²) in [5, 5.41) is 0. The first kappa shape index (κ1) is 11.4. The molecule has 92 valence electrons. The number of rotatable bonds is 1. The number of amides is 1. The van der Waals surface area contributed by atoms with Crippen molar-refractivity contribution in [3.8, 4) is 0 Å². The number of thioether (sulfide) groups is 1. The van der Waals surface area contributed by atoms with Gasteiger partial charge in [0, 0.05) is 16.7 Å². The molecule has 0 saturated heterocycles. The van der Waals surface area contributed by atoms with Crippen molar-refractivity contribution in [3.05, 3.63) is 48.4 Å². The van der Waals surface area contributed by atoms with Gasteiger partial charge >= 0.3 is 0 Å². The predicted molar refractivity (Wildman–Crippen MR) is 72.1 cm³/mol. The van der Waals surface area contributed by atoms with Gasteiger partial charge in [0.2, 0.25) is 0 Å². The van der Waals surface area contributed by atoms with Crippen LogP contribution in [-0.2, 0) is 0 Å². The van der Waals surface area contributed by atoms with Crippen LogP contribution in [0.2, 0.25) is 0 Å². The van der Waals surface area contributed by atoms with Gasteiger partial charge < -0.3 is 9.32 Å². The third-order valence-corrected chi connectivity index (χ3v) is 4.30. The molecule has 0 aliphatic carbocycles. The van der Waals surface area contributed by atoms with E-state index in [0.717, 1.165) is 16.3 Å². The van der Waals surface area contributed by atoms with Crippen LogP contribution in [0.4, 0.5) is 5.69 Å². The second-order valence-electron chi connectivity index (χ2n) is 4.28. The molecule has 0 fully saturated rings. The second kappa shape index (κ2) is 4.53. The van der Waals surface area contributed by atoms with Crippen molar-refractivity contribution < 1.29 is 9.21 Å². The fraction of sp³-hybridized carbons (Fsp3) is 0.214. The molecular weight excluding hydrogens is 246 g/mol. The monoisotopic (exact) mass is 259 g/mol. The maximum Gasteiger partial charge on any atom is 0.294 e. The number of hydrogen-bond acceptors (Lipinski definition) is 3. The Bertz CT molecular complexity index is 565. The van der Waals surface area contributed by atoms with E-state index < -0.39 is 0 Å². The van der Waals surface area contributed by atoms with E-state index in [4.69, 9.17) is 4.42 Å². The lowest BCUT2D eigenvalue weighted by atomic mass is 10.2. The summed E-state index contributed by atoms with van der Waals surface area (Å²) < 4.78 is 5.21. The van der Waals surface area contributed by atoms with Gasteiger partial charge in [-0.05, 0) is 31.2 Å². The van der Waals surface area contributed by atoms with Gasteiger partial charge in [-0.1, -0.05) is 12.1 Å². The molecule has 2 heterocycles. The average Bonchev–Trinajstić information content (AvgIpc) is 2.92. The lowest BCUT2D eigenvalue weighted by Gasteiger charge is -2.34. The summed E-state index contributed by atoms with van der Waals surface area (Å²) in [7, 11) is 0. The number of carbonyl (C=O) groups is 1.